The van der Waals surface area contributed by atoms with Gasteiger partial charge in [0.1, 0.15) is 17.4 Å². The summed E-state index contributed by atoms with van der Waals surface area (Å²) in [6.45, 7) is 3.42. The Balaban J connectivity index is 1.22. The zero-order valence-corrected chi connectivity index (χ0v) is 16.7. The number of pyridine rings is 1. The molecule has 0 aliphatic carbocycles. The summed E-state index contributed by atoms with van der Waals surface area (Å²) in [4.78, 5) is 38.2. The summed E-state index contributed by atoms with van der Waals surface area (Å²) in [5.41, 5.74) is 0.646. The molecule has 0 N–H and O–H groups in total. The number of nitrogens with zero attached hydrogens (tertiary/aromatic N) is 5. The number of rotatable bonds is 4. The molecule has 0 radical (unpaired) electrons. The van der Waals surface area contributed by atoms with Gasteiger partial charge < -0.3 is 14.5 Å². The molecule has 30 heavy (non-hydrogen) atoms. The standard InChI is InChI=1S/C22H23N5O3/c28-21(26-12-10-25(11-13-26)19-4-1-2-8-23-19)15-30-16-6-7-18-17(14-16)22(29)27-9-3-5-20(27)24-18/h1-2,4,6-8,14H,3,5,9-13,15H2. The van der Waals surface area contributed by atoms with Crippen molar-refractivity contribution in [3.63, 3.8) is 0 Å². The lowest BCUT2D eigenvalue weighted by Crippen LogP contribution is -2.50. The van der Waals surface area contributed by atoms with E-state index in [2.05, 4.69) is 14.9 Å². The highest BCUT2D eigenvalue weighted by Crippen LogP contribution is 2.20. The third-order valence-corrected chi connectivity index (χ3v) is 5.75. The van der Waals surface area contributed by atoms with Crippen LogP contribution in [0.2, 0.25) is 0 Å². The lowest BCUT2D eigenvalue weighted by atomic mass is 10.2. The first-order chi connectivity index (χ1) is 14.7. The van der Waals surface area contributed by atoms with E-state index in [1.54, 1.807) is 29.0 Å². The number of fused-ring (bicyclic) bond motifs is 2. The number of benzene rings is 1. The van der Waals surface area contributed by atoms with Gasteiger partial charge in [0.05, 0.1) is 10.9 Å². The predicted molar refractivity (Wildman–Crippen MR) is 113 cm³/mol. The molecule has 5 rings (SSSR count). The summed E-state index contributed by atoms with van der Waals surface area (Å²) in [6.07, 6.45) is 3.56. The molecule has 2 aromatic heterocycles. The van der Waals surface area contributed by atoms with Gasteiger partial charge in [0.25, 0.3) is 11.5 Å². The Bertz CT molecular complexity index is 1140. The van der Waals surface area contributed by atoms with Crippen molar-refractivity contribution in [1.82, 2.24) is 19.4 Å². The van der Waals surface area contributed by atoms with Crippen molar-refractivity contribution in [3.8, 4) is 5.75 Å². The minimum Gasteiger partial charge on any atom is -0.484 e. The van der Waals surface area contributed by atoms with Gasteiger partial charge in [0, 0.05) is 45.3 Å². The number of hydrogen-bond acceptors (Lipinski definition) is 6. The van der Waals surface area contributed by atoms with Gasteiger partial charge in [-0.1, -0.05) is 6.07 Å². The first-order valence-corrected chi connectivity index (χ1v) is 10.3. The molecular weight excluding hydrogens is 382 g/mol. The van der Waals surface area contributed by atoms with Crippen molar-refractivity contribution >= 4 is 22.6 Å². The summed E-state index contributed by atoms with van der Waals surface area (Å²) >= 11 is 0. The number of hydrogen-bond donors (Lipinski definition) is 0. The van der Waals surface area contributed by atoms with E-state index in [1.165, 1.54) is 0 Å². The molecule has 0 bridgehead atoms. The van der Waals surface area contributed by atoms with Crippen LogP contribution in [-0.4, -0.2) is 58.1 Å². The van der Waals surface area contributed by atoms with Crippen LogP contribution in [0.3, 0.4) is 0 Å². The quantitative estimate of drug-likeness (QED) is 0.654. The Morgan fingerprint density at radius 2 is 1.93 bits per heavy atom. The molecule has 2 aliphatic heterocycles. The molecule has 0 atom stereocenters. The zero-order chi connectivity index (χ0) is 20.5. The van der Waals surface area contributed by atoms with E-state index >= 15 is 0 Å². The van der Waals surface area contributed by atoms with E-state index in [-0.39, 0.29) is 18.1 Å². The monoisotopic (exact) mass is 405 g/mol. The lowest BCUT2D eigenvalue weighted by molar-refractivity contribution is -0.133. The largest absolute Gasteiger partial charge is 0.484 e. The number of aryl methyl sites for hydroxylation is 1. The first-order valence-electron chi connectivity index (χ1n) is 10.3. The van der Waals surface area contributed by atoms with Crippen molar-refractivity contribution in [2.24, 2.45) is 0 Å². The fourth-order valence-corrected chi connectivity index (χ4v) is 4.11. The third kappa shape index (κ3) is 3.49. The molecular formula is C22H23N5O3. The molecule has 2 aliphatic rings. The molecule has 4 heterocycles. The van der Waals surface area contributed by atoms with Gasteiger partial charge in [-0.05, 0) is 36.8 Å². The minimum atomic E-state index is -0.0560. The number of amides is 1. The van der Waals surface area contributed by atoms with Crippen LogP contribution in [0.4, 0.5) is 5.82 Å². The maximum atomic E-state index is 12.7. The van der Waals surface area contributed by atoms with Crippen LogP contribution in [0.25, 0.3) is 10.9 Å². The van der Waals surface area contributed by atoms with Crippen molar-refractivity contribution < 1.29 is 9.53 Å². The van der Waals surface area contributed by atoms with E-state index in [0.717, 1.165) is 37.6 Å². The van der Waals surface area contributed by atoms with Gasteiger partial charge in [0.15, 0.2) is 6.61 Å². The Morgan fingerprint density at radius 1 is 1.07 bits per heavy atom. The van der Waals surface area contributed by atoms with E-state index < -0.39 is 0 Å². The van der Waals surface area contributed by atoms with Crippen molar-refractivity contribution in [2.75, 3.05) is 37.7 Å². The zero-order valence-electron chi connectivity index (χ0n) is 16.7. The molecule has 3 aromatic rings. The number of piperazine rings is 1. The predicted octanol–water partition coefficient (Wildman–Crippen LogP) is 1.47. The summed E-state index contributed by atoms with van der Waals surface area (Å²) in [5, 5.41) is 0.537. The van der Waals surface area contributed by atoms with Crippen LogP contribution in [0, 0.1) is 0 Å². The summed E-state index contributed by atoms with van der Waals surface area (Å²) in [7, 11) is 0. The third-order valence-electron chi connectivity index (χ3n) is 5.75. The molecule has 1 saturated heterocycles. The molecule has 0 saturated carbocycles. The van der Waals surface area contributed by atoms with Gasteiger partial charge >= 0.3 is 0 Å². The van der Waals surface area contributed by atoms with E-state index in [0.29, 0.717) is 36.3 Å². The van der Waals surface area contributed by atoms with Crippen molar-refractivity contribution in [1.29, 1.82) is 0 Å². The number of anilines is 1. The Labute approximate surface area is 173 Å². The van der Waals surface area contributed by atoms with Gasteiger partial charge in [0.2, 0.25) is 0 Å². The highest BCUT2D eigenvalue weighted by Gasteiger charge is 2.22. The molecule has 0 unspecified atom stereocenters. The highest BCUT2D eigenvalue weighted by atomic mass is 16.5. The average Bonchev–Trinajstić information content (AvgIpc) is 3.27. The number of aromatic nitrogens is 3. The topological polar surface area (TPSA) is 80.6 Å². The van der Waals surface area contributed by atoms with E-state index in [4.69, 9.17) is 4.74 Å². The van der Waals surface area contributed by atoms with Gasteiger partial charge in [-0.15, -0.1) is 0 Å². The van der Waals surface area contributed by atoms with E-state index in [1.807, 2.05) is 23.1 Å². The van der Waals surface area contributed by atoms with Crippen molar-refractivity contribution in [3.05, 3.63) is 58.8 Å². The number of carbonyl (C=O) groups is 1. The Hall–Kier alpha value is -3.42. The number of ether oxygens (including phenoxy) is 1. The fourth-order valence-electron chi connectivity index (χ4n) is 4.11. The maximum absolute atomic E-state index is 12.7. The summed E-state index contributed by atoms with van der Waals surface area (Å²) < 4.78 is 7.46. The van der Waals surface area contributed by atoms with Crippen LogP contribution in [0.15, 0.2) is 47.4 Å². The fraction of sp³-hybridized carbons (Fsp3) is 0.364. The average molecular weight is 405 g/mol. The first kappa shape index (κ1) is 18.6. The second kappa shape index (κ2) is 7.78. The molecule has 1 amide bonds. The second-order valence-corrected chi connectivity index (χ2v) is 7.61. The SMILES string of the molecule is O=C(COc1ccc2nc3n(c(=O)c2c1)CCC3)N1CCN(c2ccccn2)CC1. The lowest BCUT2D eigenvalue weighted by Gasteiger charge is -2.35. The molecule has 8 heteroatoms. The van der Waals surface area contributed by atoms with Crippen LogP contribution in [-0.2, 0) is 17.8 Å². The molecule has 8 nitrogen and oxygen atoms in total. The van der Waals surface area contributed by atoms with Gasteiger partial charge in [-0.2, -0.15) is 0 Å². The summed E-state index contributed by atoms with van der Waals surface area (Å²) in [6, 6.07) is 11.1. The highest BCUT2D eigenvalue weighted by molar-refractivity contribution is 5.80. The molecule has 1 fully saturated rings. The Kier molecular flexibility index (Phi) is 4.82. The number of carbonyl (C=O) groups excluding carboxylic acids is 1. The maximum Gasteiger partial charge on any atom is 0.261 e. The second-order valence-electron chi connectivity index (χ2n) is 7.61. The van der Waals surface area contributed by atoms with Crippen molar-refractivity contribution in [2.45, 2.75) is 19.4 Å². The van der Waals surface area contributed by atoms with E-state index in [9.17, 15) is 9.59 Å². The molecule has 0 spiro atoms. The van der Waals surface area contributed by atoms with Crippen LogP contribution in [0.1, 0.15) is 12.2 Å². The molecule has 1 aromatic carbocycles. The smallest absolute Gasteiger partial charge is 0.261 e. The normalized spacial score (nSPS) is 16.0. The van der Waals surface area contributed by atoms with Gasteiger partial charge in [-0.3, -0.25) is 14.2 Å². The molecule has 154 valence electrons. The van der Waals surface area contributed by atoms with Crippen LogP contribution in [0.5, 0.6) is 5.75 Å². The van der Waals surface area contributed by atoms with Crippen LogP contribution < -0.4 is 15.2 Å². The Morgan fingerprint density at radius 3 is 2.73 bits per heavy atom. The van der Waals surface area contributed by atoms with Crippen LogP contribution >= 0.6 is 0 Å². The summed E-state index contributed by atoms with van der Waals surface area (Å²) in [5.74, 6) is 2.24. The minimum absolute atomic E-state index is 0.0325. The van der Waals surface area contributed by atoms with Gasteiger partial charge in [-0.25, -0.2) is 9.97 Å².